The van der Waals surface area contributed by atoms with Crippen LogP contribution in [-0.2, 0) is 10.0 Å². The molecule has 0 radical (unpaired) electrons. The molecular weight excluding hydrogens is 586 g/mol. The lowest BCUT2D eigenvalue weighted by atomic mass is 9.99. The van der Waals surface area contributed by atoms with Crippen molar-refractivity contribution in [3.8, 4) is 22.6 Å². The third-order valence-corrected chi connectivity index (χ3v) is 8.59. The Morgan fingerprint density at radius 3 is 2.19 bits per heavy atom. The molecule has 0 bridgehead atoms. The van der Waals surface area contributed by atoms with E-state index in [1.807, 2.05) is 59.1 Å². The SMILES string of the molecule is CCCCN(CCCC)CCS(=O)(=O)Nc1ccc(C(=O)c2c(-c3ccccc3)c(OC)c3ccccn23)cc1OC.Cl. The normalized spacial score (nSPS) is 11.4. The molecule has 0 aliphatic carbocycles. The van der Waals surface area contributed by atoms with Gasteiger partial charge in [-0.2, -0.15) is 0 Å². The van der Waals surface area contributed by atoms with Crippen LogP contribution in [0.15, 0.2) is 72.9 Å². The number of hydrogen-bond donors (Lipinski definition) is 1. The molecule has 0 atom stereocenters. The fourth-order valence-corrected chi connectivity index (χ4v) is 6.21. The maximum atomic E-state index is 14.1. The van der Waals surface area contributed by atoms with E-state index in [2.05, 4.69) is 23.5 Å². The van der Waals surface area contributed by atoms with Gasteiger partial charge in [0.2, 0.25) is 15.8 Å². The van der Waals surface area contributed by atoms with Crippen LogP contribution in [-0.4, -0.2) is 63.1 Å². The molecule has 2 aromatic heterocycles. The third kappa shape index (κ3) is 8.10. The molecule has 0 fully saturated rings. The Kier molecular flexibility index (Phi) is 12.5. The lowest BCUT2D eigenvalue weighted by molar-refractivity contribution is 0.103. The van der Waals surface area contributed by atoms with Crippen molar-refractivity contribution < 1.29 is 22.7 Å². The van der Waals surface area contributed by atoms with Crippen molar-refractivity contribution in [2.75, 3.05) is 44.3 Å². The second-order valence-electron chi connectivity index (χ2n) is 10.3. The van der Waals surface area contributed by atoms with Crippen molar-refractivity contribution in [2.24, 2.45) is 0 Å². The summed E-state index contributed by atoms with van der Waals surface area (Å²) in [6, 6.07) is 20.1. The van der Waals surface area contributed by atoms with Crippen LogP contribution >= 0.6 is 12.4 Å². The summed E-state index contributed by atoms with van der Waals surface area (Å²) in [5.74, 6) is 0.606. The number of ketones is 1. The molecule has 43 heavy (non-hydrogen) atoms. The summed E-state index contributed by atoms with van der Waals surface area (Å²) in [5, 5.41) is 0. The van der Waals surface area contributed by atoms with Crippen LogP contribution in [0.3, 0.4) is 0 Å². The summed E-state index contributed by atoms with van der Waals surface area (Å²) in [4.78, 5) is 16.3. The van der Waals surface area contributed by atoms with Gasteiger partial charge in [-0.3, -0.25) is 9.52 Å². The monoisotopic (exact) mass is 627 g/mol. The number of hydrogen-bond acceptors (Lipinski definition) is 6. The number of ether oxygens (including phenoxy) is 2. The number of nitrogens with one attached hydrogen (secondary N) is 1. The second kappa shape index (κ2) is 15.8. The highest BCUT2D eigenvalue weighted by atomic mass is 35.5. The summed E-state index contributed by atoms with van der Waals surface area (Å²) < 4.78 is 42.0. The molecule has 2 aromatic carbocycles. The van der Waals surface area contributed by atoms with Gasteiger partial charge < -0.3 is 18.8 Å². The number of carbonyl (C=O) groups excluding carboxylic acids is 1. The molecule has 2 heterocycles. The van der Waals surface area contributed by atoms with E-state index in [-0.39, 0.29) is 29.7 Å². The van der Waals surface area contributed by atoms with Crippen LogP contribution in [0.25, 0.3) is 16.6 Å². The number of carbonyl (C=O) groups is 1. The molecule has 232 valence electrons. The van der Waals surface area contributed by atoms with Crippen molar-refractivity contribution in [1.29, 1.82) is 0 Å². The first kappa shape index (κ1) is 34.0. The van der Waals surface area contributed by atoms with Gasteiger partial charge in [0.05, 0.1) is 36.7 Å². The third-order valence-electron chi connectivity index (χ3n) is 7.34. The zero-order chi connectivity index (χ0) is 30.1. The number of nitrogens with zero attached hydrogens (tertiary/aromatic N) is 2. The first-order valence-corrected chi connectivity index (χ1v) is 16.2. The Hall–Kier alpha value is -3.53. The summed E-state index contributed by atoms with van der Waals surface area (Å²) >= 11 is 0. The molecule has 1 N–H and O–H groups in total. The summed E-state index contributed by atoms with van der Waals surface area (Å²) in [7, 11) is -0.587. The Morgan fingerprint density at radius 2 is 1.56 bits per heavy atom. The molecular formula is C33H42ClN3O5S. The number of rotatable bonds is 16. The van der Waals surface area contributed by atoms with Gasteiger partial charge in [-0.05, 0) is 61.8 Å². The van der Waals surface area contributed by atoms with E-state index in [1.54, 1.807) is 25.3 Å². The van der Waals surface area contributed by atoms with Gasteiger partial charge in [0.25, 0.3) is 0 Å². The summed E-state index contributed by atoms with van der Waals surface area (Å²) in [6.07, 6.45) is 6.04. The van der Waals surface area contributed by atoms with Gasteiger partial charge in [0.15, 0.2) is 5.75 Å². The molecule has 0 saturated heterocycles. The average molecular weight is 628 g/mol. The molecule has 10 heteroatoms. The average Bonchev–Trinajstić information content (AvgIpc) is 3.35. The quantitative estimate of drug-likeness (QED) is 0.136. The van der Waals surface area contributed by atoms with Gasteiger partial charge >= 0.3 is 0 Å². The number of pyridine rings is 1. The van der Waals surface area contributed by atoms with Crippen molar-refractivity contribution in [3.05, 3.63) is 84.2 Å². The molecule has 4 aromatic rings. The predicted molar refractivity (Wildman–Crippen MR) is 177 cm³/mol. The van der Waals surface area contributed by atoms with E-state index in [0.717, 1.165) is 49.9 Å². The number of anilines is 1. The van der Waals surface area contributed by atoms with Crippen molar-refractivity contribution in [1.82, 2.24) is 9.30 Å². The minimum Gasteiger partial charge on any atom is -0.495 e. The highest BCUT2D eigenvalue weighted by Gasteiger charge is 2.27. The molecule has 0 aliphatic heterocycles. The summed E-state index contributed by atoms with van der Waals surface area (Å²) in [6.45, 7) is 6.50. The fraction of sp³-hybridized carbons (Fsp3) is 0.364. The van der Waals surface area contributed by atoms with Crippen LogP contribution in [0, 0.1) is 0 Å². The highest BCUT2D eigenvalue weighted by Crippen LogP contribution is 2.40. The standard InChI is InChI=1S/C33H41N3O5S.ClH/c1-5-7-19-35(20-8-6-2)22-23-42(38,39)34-27-18-17-26(24-29(27)40-3)32(37)31-30(25-14-10-9-11-15-25)33(41-4)28-16-12-13-21-36(28)31;/h9-18,21,24,34H,5-8,19-20,22-23H2,1-4H3;1H. The number of fused-ring (bicyclic) bond motifs is 1. The van der Waals surface area contributed by atoms with Crippen molar-refractivity contribution in [3.63, 3.8) is 0 Å². The molecule has 0 amide bonds. The van der Waals surface area contributed by atoms with Gasteiger partial charge in [0.1, 0.15) is 11.4 Å². The van der Waals surface area contributed by atoms with Gasteiger partial charge in [-0.1, -0.05) is 63.1 Å². The molecule has 0 unspecified atom stereocenters. The van der Waals surface area contributed by atoms with E-state index in [9.17, 15) is 13.2 Å². The maximum absolute atomic E-state index is 14.1. The van der Waals surface area contributed by atoms with E-state index < -0.39 is 10.0 Å². The van der Waals surface area contributed by atoms with E-state index >= 15 is 0 Å². The zero-order valence-electron chi connectivity index (χ0n) is 25.3. The van der Waals surface area contributed by atoms with Crippen molar-refractivity contribution in [2.45, 2.75) is 39.5 Å². The lowest BCUT2D eigenvalue weighted by Gasteiger charge is -2.22. The zero-order valence-corrected chi connectivity index (χ0v) is 27.0. The second-order valence-corrected chi connectivity index (χ2v) is 12.1. The number of aromatic nitrogens is 1. The topological polar surface area (TPSA) is 89.4 Å². The Bertz CT molecular complexity index is 1600. The van der Waals surface area contributed by atoms with Crippen LogP contribution in [0.5, 0.6) is 11.5 Å². The number of halogens is 1. The van der Waals surface area contributed by atoms with E-state index in [4.69, 9.17) is 9.47 Å². The van der Waals surface area contributed by atoms with Crippen LogP contribution < -0.4 is 14.2 Å². The summed E-state index contributed by atoms with van der Waals surface area (Å²) in [5.41, 5.74) is 3.42. The Balaban J connectivity index is 0.00000506. The van der Waals surface area contributed by atoms with Gasteiger partial charge in [-0.25, -0.2) is 8.42 Å². The number of unbranched alkanes of at least 4 members (excludes halogenated alkanes) is 2. The molecule has 8 nitrogen and oxygen atoms in total. The van der Waals surface area contributed by atoms with E-state index in [0.29, 0.717) is 34.8 Å². The first-order valence-electron chi connectivity index (χ1n) is 14.5. The molecule has 0 saturated carbocycles. The fourth-order valence-electron chi connectivity index (χ4n) is 5.10. The predicted octanol–water partition coefficient (Wildman–Crippen LogP) is 6.92. The van der Waals surface area contributed by atoms with Gasteiger partial charge in [0, 0.05) is 18.3 Å². The largest absolute Gasteiger partial charge is 0.495 e. The highest BCUT2D eigenvalue weighted by molar-refractivity contribution is 7.92. The minimum absolute atomic E-state index is 0. The first-order chi connectivity index (χ1) is 20.3. The van der Waals surface area contributed by atoms with Crippen LogP contribution in [0.2, 0.25) is 0 Å². The van der Waals surface area contributed by atoms with Gasteiger partial charge in [-0.15, -0.1) is 12.4 Å². The molecule has 0 aliphatic rings. The smallest absolute Gasteiger partial charge is 0.234 e. The van der Waals surface area contributed by atoms with Crippen LogP contribution in [0.4, 0.5) is 5.69 Å². The minimum atomic E-state index is -3.65. The number of sulfonamides is 1. The Labute approximate surface area is 261 Å². The van der Waals surface area contributed by atoms with E-state index in [1.165, 1.54) is 7.11 Å². The lowest BCUT2D eigenvalue weighted by Crippen LogP contribution is -2.33. The Morgan fingerprint density at radius 1 is 0.884 bits per heavy atom. The molecule has 0 spiro atoms. The molecule has 4 rings (SSSR count). The number of methoxy groups -OCH3 is 2. The van der Waals surface area contributed by atoms with Crippen LogP contribution in [0.1, 0.15) is 55.6 Å². The number of benzene rings is 2. The van der Waals surface area contributed by atoms with Crippen molar-refractivity contribution >= 4 is 39.4 Å². The maximum Gasteiger partial charge on any atom is 0.234 e.